The molecule has 0 N–H and O–H groups in total. The second-order valence-corrected chi connectivity index (χ2v) is 0. The average molecular weight is 302 g/mol. The quantitative estimate of drug-likeness (QED) is 0.563. The van der Waals surface area contributed by atoms with E-state index in [0.29, 0.717) is 24.7 Å². The maximum atomic E-state index is 8.34. The molecule has 0 aromatic rings. The fourth-order valence-corrected chi connectivity index (χ4v) is 0. The molecule has 0 atom stereocenters. The zero-order valence-corrected chi connectivity index (χ0v) is 9.97. The van der Waals surface area contributed by atoms with Gasteiger partial charge in [-0.2, -0.15) is 0 Å². The molecule has 0 bridgehead atoms. The van der Waals surface area contributed by atoms with Crippen LogP contribution < -0.4 is 0 Å². The zero-order chi connectivity index (χ0) is 2.00. The van der Waals surface area contributed by atoms with E-state index in [2.05, 4.69) is 0 Å². The molecule has 0 saturated carbocycles. The summed E-state index contributed by atoms with van der Waals surface area (Å²) in [5, 5.41) is 0. The van der Waals surface area contributed by atoms with Crippen molar-refractivity contribution in [1.82, 2.24) is 0 Å². The topological polar surface area (TPSA) is 17.1 Å². The number of hydrogen-bond donors (Lipinski definition) is 0. The van der Waals surface area contributed by atoms with Crippen LogP contribution >= 0.6 is 0 Å². The second-order valence-electron chi connectivity index (χ2n) is 0. The van der Waals surface area contributed by atoms with Crippen molar-refractivity contribution < 1.29 is 47.5 Å². The van der Waals surface area contributed by atoms with Gasteiger partial charge in [-0.05, 0) is 0 Å². The molecule has 0 radical (unpaired) electrons. The van der Waals surface area contributed by atoms with Gasteiger partial charge in [-0.3, -0.25) is 0 Å². The van der Waals surface area contributed by atoms with Crippen LogP contribution in [0.15, 0.2) is 0 Å². The van der Waals surface area contributed by atoms with Gasteiger partial charge in [-0.25, -0.2) is 0 Å². The third-order valence-corrected chi connectivity index (χ3v) is 0. The summed E-state index contributed by atoms with van der Waals surface area (Å²) in [5.41, 5.74) is 0. The first-order chi connectivity index (χ1) is 1.00. The van der Waals surface area contributed by atoms with Crippen molar-refractivity contribution in [2.45, 2.75) is 0 Å². The van der Waals surface area contributed by atoms with Gasteiger partial charge >= 0.3 is 76.4 Å². The molecule has 0 rings (SSSR count). The molecule has 4 heteroatoms. The first-order valence-electron chi connectivity index (χ1n) is 0.204. The predicted octanol–water partition coefficient (Wildman–Crippen LogP) is -0.280. The van der Waals surface area contributed by atoms with Crippen LogP contribution in [0.2, 0.25) is 0 Å². The Bertz CT molecular complexity index is 13.5. The maximum absolute atomic E-state index is 8.34. The Morgan fingerprint density at radius 1 is 1.50 bits per heavy atom. The molecule has 0 saturated heterocycles. The standard InChI is InChI=1S/Ba.Fe.O.Zr.2H/q+2;;;;2*-1. The van der Waals surface area contributed by atoms with E-state index in [0.717, 1.165) is 0 Å². The van der Waals surface area contributed by atoms with Gasteiger partial charge in [0.25, 0.3) is 0 Å². The average Bonchev–Trinajstić information content (AvgIpc) is 1.00. The van der Waals surface area contributed by atoms with E-state index >= 15 is 0 Å². The van der Waals surface area contributed by atoms with E-state index in [1.165, 1.54) is 0 Å². The van der Waals surface area contributed by atoms with Crippen LogP contribution in [0, 0.1) is 0 Å². The molecular weight excluding hydrogens is 300 g/mol. The minimum absolute atomic E-state index is 0. The Hall–Kier alpha value is 2.77. The van der Waals surface area contributed by atoms with Crippen molar-refractivity contribution in [3.63, 3.8) is 0 Å². The fraction of sp³-hybridized carbons (Fsp3) is 0. The second kappa shape index (κ2) is 17.1. The van der Waals surface area contributed by atoms with E-state index in [-0.39, 0.29) is 68.8 Å². The Labute approximate surface area is 94.1 Å². The molecule has 0 aliphatic heterocycles. The summed E-state index contributed by atoms with van der Waals surface area (Å²) in [7, 11) is 0. The van der Waals surface area contributed by atoms with Crippen LogP contribution in [0.25, 0.3) is 0 Å². The molecule has 0 aromatic carbocycles. The summed E-state index contributed by atoms with van der Waals surface area (Å²) in [6, 6.07) is 0. The van der Waals surface area contributed by atoms with Crippen LogP contribution in [0.3, 0.4) is 0 Å². The molecule has 0 unspecified atom stereocenters. The van der Waals surface area contributed by atoms with Crippen molar-refractivity contribution in [3.05, 3.63) is 0 Å². The molecule has 1 nitrogen and oxygen atoms in total. The van der Waals surface area contributed by atoms with E-state index in [1.807, 2.05) is 0 Å². The Morgan fingerprint density at radius 3 is 1.50 bits per heavy atom. The number of hydrogen-bond acceptors (Lipinski definition) is 1. The Kier molecular flexibility index (Phi) is 67.8. The molecule has 0 heterocycles. The third kappa shape index (κ3) is 8.84. The SMILES string of the molecule is [Ba+2].[Fe].[H-].[H-].[O]=[Zr]. The van der Waals surface area contributed by atoms with Gasteiger partial charge in [-0.1, -0.05) is 0 Å². The summed E-state index contributed by atoms with van der Waals surface area (Å²) in [5.74, 6) is 0. The summed E-state index contributed by atoms with van der Waals surface area (Å²) in [4.78, 5) is 0. The molecule has 0 aliphatic rings. The van der Waals surface area contributed by atoms with Crippen LogP contribution in [0.1, 0.15) is 2.85 Å². The molecule has 0 aliphatic carbocycles. The Morgan fingerprint density at radius 2 is 1.50 bits per heavy atom. The van der Waals surface area contributed by atoms with E-state index in [9.17, 15) is 0 Å². The van der Waals surface area contributed by atoms with E-state index < -0.39 is 0 Å². The Balaban J connectivity index is -0.000000000833. The minimum atomic E-state index is 0. The summed E-state index contributed by atoms with van der Waals surface area (Å²) < 4.78 is 8.34. The van der Waals surface area contributed by atoms with Crippen LogP contribution in [-0.4, -0.2) is 48.9 Å². The fourth-order valence-electron chi connectivity index (χ4n) is 0. The normalized spacial score (nSPS) is 0.750. The molecule has 0 fully saturated rings. The van der Waals surface area contributed by atoms with Gasteiger partial charge in [0.05, 0.1) is 0 Å². The first kappa shape index (κ1) is 15.9. The molecule has 0 spiro atoms. The van der Waals surface area contributed by atoms with Gasteiger partial charge in [0.15, 0.2) is 0 Å². The molecule has 4 heavy (non-hydrogen) atoms. The molecule has 0 aromatic heterocycles. The van der Waals surface area contributed by atoms with E-state index in [1.54, 1.807) is 0 Å². The summed E-state index contributed by atoms with van der Waals surface area (Å²) >= 11 is 0.300. The van der Waals surface area contributed by atoms with Gasteiger partial charge in [0.1, 0.15) is 0 Å². The van der Waals surface area contributed by atoms with Crippen LogP contribution in [-0.2, 0) is 44.6 Å². The van der Waals surface area contributed by atoms with Crippen molar-refractivity contribution in [1.29, 1.82) is 0 Å². The first-order valence-corrected chi connectivity index (χ1v) is 1.21. The summed E-state index contributed by atoms with van der Waals surface area (Å²) in [6.45, 7) is 0. The van der Waals surface area contributed by atoms with Crippen LogP contribution in [0.4, 0.5) is 0 Å². The summed E-state index contributed by atoms with van der Waals surface area (Å²) in [6.07, 6.45) is 0. The van der Waals surface area contributed by atoms with Crippen molar-refractivity contribution in [2.75, 3.05) is 0 Å². The van der Waals surface area contributed by atoms with Gasteiger partial charge < -0.3 is 2.85 Å². The molecular formula is H2BaFeOZr. The number of rotatable bonds is 0. The predicted molar refractivity (Wildman–Crippen MR) is 8.66 cm³/mol. The third-order valence-electron chi connectivity index (χ3n) is 0. The monoisotopic (exact) mass is 302 g/mol. The molecule has 0 amide bonds. The molecule has 22 valence electrons. The van der Waals surface area contributed by atoms with Crippen molar-refractivity contribution in [2.24, 2.45) is 0 Å². The van der Waals surface area contributed by atoms with Gasteiger partial charge in [0.2, 0.25) is 0 Å². The van der Waals surface area contributed by atoms with Gasteiger partial charge in [-0.15, -0.1) is 0 Å². The zero-order valence-electron chi connectivity index (χ0n) is 3.97. The van der Waals surface area contributed by atoms with Gasteiger partial charge in [0, 0.05) is 17.1 Å². The van der Waals surface area contributed by atoms with Crippen molar-refractivity contribution >= 4 is 48.9 Å². The van der Waals surface area contributed by atoms with E-state index in [4.69, 9.17) is 2.81 Å². The van der Waals surface area contributed by atoms with Crippen LogP contribution in [0.5, 0.6) is 0 Å². The van der Waals surface area contributed by atoms with Crippen molar-refractivity contribution in [3.8, 4) is 0 Å².